The third kappa shape index (κ3) is 2.31. The molecule has 1 atom stereocenters. The number of nitrogens with one attached hydrogen (secondary N) is 1. The molecule has 0 aromatic rings. The van der Waals surface area contributed by atoms with Crippen LogP contribution in [0.25, 0.3) is 0 Å². The summed E-state index contributed by atoms with van der Waals surface area (Å²) in [6, 6.07) is 0. The van der Waals surface area contributed by atoms with E-state index in [1.165, 1.54) is 0 Å². The van der Waals surface area contributed by atoms with Gasteiger partial charge in [0, 0.05) is 5.75 Å². The lowest BCUT2D eigenvalue weighted by atomic mass is 9.70. The highest BCUT2D eigenvalue weighted by Crippen LogP contribution is 2.42. The van der Waals surface area contributed by atoms with Crippen LogP contribution in [0.3, 0.4) is 0 Å². The molecule has 15 heavy (non-hydrogen) atoms. The smallest absolute Gasteiger partial charge is 0.239 e. The minimum absolute atomic E-state index is 0.0424. The predicted octanol–water partition coefficient (Wildman–Crippen LogP) is 1.37. The largest absolute Gasteiger partial charge is 0.368 e. The number of hydrogen-bond donors (Lipinski definition) is 2. The van der Waals surface area contributed by atoms with Crippen molar-refractivity contribution in [2.45, 2.75) is 39.2 Å². The summed E-state index contributed by atoms with van der Waals surface area (Å²) in [5.41, 5.74) is 5.04. The molecule has 0 aromatic heterocycles. The highest BCUT2D eigenvalue weighted by Gasteiger charge is 2.51. The van der Waals surface area contributed by atoms with Gasteiger partial charge in [-0.3, -0.25) is 4.79 Å². The third-order valence-electron chi connectivity index (χ3n) is 3.44. The number of rotatable bonds is 4. The summed E-state index contributed by atoms with van der Waals surface area (Å²) in [6.07, 6.45) is 2.06. The second-order valence-corrected chi connectivity index (χ2v) is 5.99. The van der Waals surface area contributed by atoms with Crippen molar-refractivity contribution in [2.75, 3.05) is 18.1 Å². The molecule has 0 aliphatic carbocycles. The van der Waals surface area contributed by atoms with Crippen molar-refractivity contribution < 1.29 is 4.79 Å². The molecule has 3 N–H and O–H groups in total. The Bertz CT molecular complexity index is 243. The highest BCUT2D eigenvalue weighted by molar-refractivity contribution is 7.99. The fraction of sp³-hybridized carbons (Fsp3) is 0.909. The summed E-state index contributed by atoms with van der Waals surface area (Å²) >= 11 is 1.82. The summed E-state index contributed by atoms with van der Waals surface area (Å²) < 4.78 is 0. The number of nitrogens with two attached hydrogens (primary N) is 1. The van der Waals surface area contributed by atoms with Crippen molar-refractivity contribution in [2.24, 2.45) is 11.1 Å². The van der Waals surface area contributed by atoms with E-state index in [1.807, 2.05) is 11.8 Å². The van der Waals surface area contributed by atoms with Gasteiger partial charge < -0.3 is 11.1 Å². The summed E-state index contributed by atoms with van der Waals surface area (Å²) in [7, 11) is 0. The molecule has 1 amide bonds. The minimum Gasteiger partial charge on any atom is -0.368 e. The van der Waals surface area contributed by atoms with Crippen LogP contribution in [0.5, 0.6) is 0 Å². The summed E-state index contributed by atoms with van der Waals surface area (Å²) in [4.78, 5) is 11.7. The van der Waals surface area contributed by atoms with Crippen molar-refractivity contribution in [1.29, 1.82) is 0 Å². The fourth-order valence-corrected chi connectivity index (χ4v) is 3.82. The number of primary amides is 1. The number of hydrogen-bond acceptors (Lipinski definition) is 3. The van der Waals surface area contributed by atoms with Crippen molar-refractivity contribution in [3.05, 3.63) is 0 Å². The SMILES string of the molecule is CCCNC1(C(N)=O)CSCCC1(C)C. The van der Waals surface area contributed by atoms with Crippen LogP contribution < -0.4 is 11.1 Å². The molecule has 1 aliphatic heterocycles. The zero-order valence-corrected chi connectivity index (χ0v) is 10.7. The van der Waals surface area contributed by atoms with Crippen molar-refractivity contribution in [1.82, 2.24) is 5.32 Å². The Labute approximate surface area is 96.6 Å². The average molecular weight is 230 g/mol. The number of amides is 1. The van der Waals surface area contributed by atoms with Gasteiger partial charge in [0.2, 0.25) is 5.91 Å². The maximum Gasteiger partial charge on any atom is 0.239 e. The molecular formula is C11H22N2OS. The Hall–Kier alpha value is -0.220. The zero-order chi connectivity index (χ0) is 11.5. The van der Waals surface area contributed by atoms with Gasteiger partial charge in [0.1, 0.15) is 5.54 Å². The lowest BCUT2D eigenvalue weighted by molar-refractivity contribution is -0.128. The second kappa shape index (κ2) is 4.74. The topological polar surface area (TPSA) is 55.1 Å². The van der Waals surface area contributed by atoms with Gasteiger partial charge >= 0.3 is 0 Å². The molecule has 1 fully saturated rings. The van der Waals surface area contributed by atoms with Crippen molar-refractivity contribution in [3.8, 4) is 0 Å². The van der Waals surface area contributed by atoms with Gasteiger partial charge in [0.25, 0.3) is 0 Å². The van der Waals surface area contributed by atoms with Crippen LogP contribution in [0.15, 0.2) is 0 Å². The molecule has 4 heteroatoms. The fourth-order valence-electron chi connectivity index (χ4n) is 2.08. The first-order chi connectivity index (χ1) is 6.96. The predicted molar refractivity (Wildman–Crippen MR) is 65.9 cm³/mol. The third-order valence-corrected chi connectivity index (χ3v) is 4.57. The van der Waals surface area contributed by atoms with Gasteiger partial charge in [-0.15, -0.1) is 0 Å². The maximum atomic E-state index is 11.7. The molecule has 88 valence electrons. The molecule has 3 nitrogen and oxygen atoms in total. The first kappa shape index (κ1) is 12.8. The number of carbonyl (C=O) groups is 1. The van der Waals surface area contributed by atoms with Gasteiger partial charge in [-0.25, -0.2) is 0 Å². The maximum absolute atomic E-state index is 11.7. The molecule has 1 rings (SSSR count). The summed E-state index contributed by atoms with van der Waals surface area (Å²) in [5, 5.41) is 3.38. The average Bonchev–Trinajstić information content (AvgIpc) is 2.15. The molecule has 1 saturated heterocycles. The Balaban J connectivity index is 2.90. The normalized spacial score (nSPS) is 30.1. The lowest BCUT2D eigenvalue weighted by Gasteiger charge is -2.48. The van der Waals surface area contributed by atoms with Crippen LogP contribution in [0.1, 0.15) is 33.6 Å². The van der Waals surface area contributed by atoms with Gasteiger partial charge in [0.05, 0.1) is 0 Å². The van der Waals surface area contributed by atoms with E-state index in [-0.39, 0.29) is 11.3 Å². The quantitative estimate of drug-likeness (QED) is 0.767. The van der Waals surface area contributed by atoms with E-state index < -0.39 is 5.54 Å². The number of carbonyl (C=O) groups excluding carboxylic acids is 1. The van der Waals surface area contributed by atoms with Crippen LogP contribution in [-0.2, 0) is 4.79 Å². The molecule has 0 spiro atoms. The van der Waals surface area contributed by atoms with E-state index in [2.05, 4.69) is 26.1 Å². The number of thioether (sulfide) groups is 1. The van der Waals surface area contributed by atoms with Crippen LogP contribution >= 0.6 is 11.8 Å². The van der Waals surface area contributed by atoms with Crippen molar-refractivity contribution in [3.63, 3.8) is 0 Å². The van der Waals surface area contributed by atoms with Crippen LogP contribution in [0.4, 0.5) is 0 Å². The van der Waals surface area contributed by atoms with Crippen LogP contribution in [-0.4, -0.2) is 29.5 Å². The first-order valence-corrected chi connectivity index (χ1v) is 6.74. The lowest BCUT2D eigenvalue weighted by Crippen LogP contribution is -2.67. The second-order valence-electron chi connectivity index (χ2n) is 4.88. The zero-order valence-electron chi connectivity index (χ0n) is 9.93. The Morgan fingerprint density at radius 3 is 2.67 bits per heavy atom. The van der Waals surface area contributed by atoms with E-state index in [0.717, 1.165) is 30.9 Å². The Morgan fingerprint density at radius 2 is 2.20 bits per heavy atom. The highest BCUT2D eigenvalue weighted by atomic mass is 32.2. The minimum atomic E-state index is -0.522. The molecule has 1 aliphatic rings. The molecule has 1 heterocycles. The van der Waals surface area contributed by atoms with Crippen LogP contribution in [0.2, 0.25) is 0 Å². The summed E-state index contributed by atoms with van der Waals surface area (Å²) in [6.45, 7) is 7.23. The Morgan fingerprint density at radius 1 is 1.53 bits per heavy atom. The monoisotopic (exact) mass is 230 g/mol. The van der Waals surface area contributed by atoms with Gasteiger partial charge in [-0.1, -0.05) is 20.8 Å². The van der Waals surface area contributed by atoms with E-state index in [1.54, 1.807) is 0 Å². The van der Waals surface area contributed by atoms with Gasteiger partial charge in [0.15, 0.2) is 0 Å². The molecule has 0 bridgehead atoms. The van der Waals surface area contributed by atoms with E-state index in [0.29, 0.717) is 0 Å². The molecule has 0 saturated carbocycles. The Kier molecular flexibility index (Phi) is 4.06. The van der Waals surface area contributed by atoms with Crippen LogP contribution in [0, 0.1) is 5.41 Å². The first-order valence-electron chi connectivity index (χ1n) is 5.59. The molecular weight excluding hydrogens is 208 g/mol. The van der Waals surface area contributed by atoms with Gasteiger partial charge in [-0.2, -0.15) is 11.8 Å². The summed E-state index contributed by atoms with van der Waals surface area (Å²) in [5.74, 6) is 1.72. The standard InChI is InChI=1S/C11H22N2OS/c1-4-6-13-11(9(12)14)8-15-7-5-10(11,2)3/h13H,4-8H2,1-3H3,(H2,12,14). The van der Waals surface area contributed by atoms with E-state index >= 15 is 0 Å². The van der Waals surface area contributed by atoms with Gasteiger partial charge in [-0.05, 0) is 30.6 Å². The molecule has 0 radical (unpaired) electrons. The molecule has 0 aromatic carbocycles. The van der Waals surface area contributed by atoms with Crippen molar-refractivity contribution >= 4 is 17.7 Å². The van der Waals surface area contributed by atoms with E-state index in [4.69, 9.17) is 5.73 Å². The molecule has 1 unspecified atom stereocenters. The van der Waals surface area contributed by atoms with E-state index in [9.17, 15) is 4.79 Å².